The molecule has 1 aromatic rings. The van der Waals surface area contributed by atoms with Crippen molar-refractivity contribution in [3.63, 3.8) is 0 Å². The first-order chi connectivity index (χ1) is 10.0. The van der Waals surface area contributed by atoms with Gasteiger partial charge in [-0.15, -0.1) is 11.3 Å². The number of hydrogen-bond acceptors (Lipinski definition) is 5. The van der Waals surface area contributed by atoms with E-state index < -0.39 is 10.0 Å². The van der Waals surface area contributed by atoms with E-state index in [4.69, 9.17) is 0 Å². The molecule has 1 fully saturated rings. The fourth-order valence-corrected chi connectivity index (χ4v) is 4.99. The molecule has 0 saturated carbocycles. The molecule has 1 aliphatic heterocycles. The zero-order chi connectivity index (χ0) is 15.3. The lowest BCUT2D eigenvalue weighted by molar-refractivity contribution is 0.310. The summed E-state index contributed by atoms with van der Waals surface area (Å²) >= 11 is 1.31. The molecule has 1 N–H and O–H groups in total. The monoisotopic (exact) mass is 331 g/mol. The number of likely N-dealkylation sites (tertiary alicyclic amines) is 1. The average molecular weight is 332 g/mol. The Morgan fingerprint density at radius 1 is 1.38 bits per heavy atom. The van der Waals surface area contributed by atoms with Crippen molar-refractivity contribution in [2.45, 2.75) is 30.5 Å². The Hall–Kier alpha value is -0.470. The normalized spacial score (nSPS) is 16.9. The number of likely N-dealkylation sites (N-methyl/N-ethyl adjacent to an activating group) is 1. The fourth-order valence-electron chi connectivity index (χ4n) is 2.41. The summed E-state index contributed by atoms with van der Waals surface area (Å²) in [6, 6.07) is 1.79. The maximum atomic E-state index is 12.5. The molecule has 0 unspecified atom stereocenters. The molecule has 5 nitrogen and oxygen atoms in total. The van der Waals surface area contributed by atoms with Crippen LogP contribution < -0.4 is 5.32 Å². The van der Waals surface area contributed by atoms with Crippen LogP contribution in [0.5, 0.6) is 0 Å². The van der Waals surface area contributed by atoms with E-state index in [0.29, 0.717) is 10.8 Å². The standard InChI is InChI=1S/C14H25N3O2S2/c1-3-15-11-13-10-14(20-12-13)21(18,19)16(2)8-9-17-6-4-5-7-17/h10,12,15H,3-9,11H2,1-2H3. The first kappa shape index (κ1) is 16.9. The lowest BCUT2D eigenvalue weighted by atomic mass is 10.3. The molecule has 0 spiro atoms. The van der Waals surface area contributed by atoms with E-state index in [2.05, 4.69) is 10.2 Å². The summed E-state index contributed by atoms with van der Waals surface area (Å²) < 4.78 is 27.0. The zero-order valence-electron chi connectivity index (χ0n) is 12.8. The highest BCUT2D eigenvalue weighted by molar-refractivity contribution is 7.91. The van der Waals surface area contributed by atoms with E-state index >= 15 is 0 Å². The second kappa shape index (κ2) is 7.69. The minimum atomic E-state index is -3.34. The van der Waals surface area contributed by atoms with Crippen molar-refractivity contribution < 1.29 is 8.42 Å². The number of nitrogens with zero attached hydrogens (tertiary/aromatic N) is 2. The molecule has 1 saturated heterocycles. The van der Waals surface area contributed by atoms with Crippen molar-refractivity contribution in [2.24, 2.45) is 0 Å². The molecule has 0 bridgehead atoms. The molecule has 2 rings (SSSR count). The van der Waals surface area contributed by atoms with E-state index in [0.717, 1.165) is 38.3 Å². The van der Waals surface area contributed by atoms with Gasteiger partial charge in [0.2, 0.25) is 0 Å². The first-order valence-corrected chi connectivity index (χ1v) is 9.83. The van der Waals surface area contributed by atoms with E-state index in [-0.39, 0.29) is 0 Å². The Balaban J connectivity index is 1.93. The predicted octanol–water partition coefficient (Wildman–Crippen LogP) is 1.57. The van der Waals surface area contributed by atoms with E-state index in [1.54, 1.807) is 13.1 Å². The van der Waals surface area contributed by atoms with Gasteiger partial charge in [-0.2, -0.15) is 4.31 Å². The smallest absolute Gasteiger partial charge is 0.252 e. The Morgan fingerprint density at radius 3 is 2.76 bits per heavy atom. The minimum Gasteiger partial charge on any atom is -0.313 e. The number of sulfonamides is 1. The molecule has 120 valence electrons. The summed E-state index contributed by atoms with van der Waals surface area (Å²) in [7, 11) is -1.66. The third-order valence-electron chi connectivity index (χ3n) is 3.80. The van der Waals surface area contributed by atoms with Gasteiger partial charge in [0.05, 0.1) is 0 Å². The first-order valence-electron chi connectivity index (χ1n) is 7.51. The van der Waals surface area contributed by atoms with Crippen LogP contribution in [0.3, 0.4) is 0 Å². The molecular weight excluding hydrogens is 306 g/mol. The van der Waals surface area contributed by atoms with E-state index in [9.17, 15) is 8.42 Å². The molecule has 0 aromatic carbocycles. The third kappa shape index (κ3) is 4.50. The third-order valence-corrected chi connectivity index (χ3v) is 7.12. The second-order valence-corrected chi connectivity index (χ2v) is 8.61. The van der Waals surface area contributed by atoms with Crippen LogP contribution in [0.25, 0.3) is 0 Å². The summed E-state index contributed by atoms with van der Waals surface area (Å²) in [4.78, 5) is 2.33. The van der Waals surface area contributed by atoms with Crippen LogP contribution in [0.1, 0.15) is 25.3 Å². The molecule has 0 atom stereocenters. The molecule has 0 radical (unpaired) electrons. The van der Waals surface area contributed by atoms with Crippen LogP contribution in [0.4, 0.5) is 0 Å². The molecule has 2 heterocycles. The molecule has 21 heavy (non-hydrogen) atoms. The summed E-state index contributed by atoms with van der Waals surface area (Å²) in [5.74, 6) is 0. The van der Waals surface area contributed by atoms with Crippen LogP contribution in [-0.4, -0.2) is 57.4 Å². The fraction of sp³-hybridized carbons (Fsp3) is 0.714. The van der Waals surface area contributed by atoms with Gasteiger partial charge in [-0.3, -0.25) is 0 Å². The van der Waals surface area contributed by atoms with Gasteiger partial charge in [0.25, 0.3) is 10.0 Å². The highest BCUT2D eigenvalue weighted by Crippen LogP contribution is 2.23. The van der Waals surface area contributed by atoms with Gasteiger partial charge < -0.3 is 10.2 Å². The van der Waals surface area contributed by atoms with Crippen molar-refractivity contribution in [2.75, 3.05) is 39.8 Å². The van der Waals surface area contributed by atoms with E-state index in [1.165, 1.54) is 28.5 Å². The lowest BCUT2D eigenvalue weighted by Crippen LogP contribution is -2.34. The van der Waals surface area contributed by atoms with E-state index in [1.807, 2.05) is 12.3 Å². The Kier molecular flexibility index (Phi) is 6.19. The summed E-state index contributed by atoms with van der Waals surface area (Å²) in [6.45, 7) is 7.22. The lowest BCUT2D eigenvalue weighted by Gasteiger charge is -2.20. The van der Waals surface area contributed by atoms with Crippen molar-refractivity contribution in [1.82, 2.24) is 14.5 Å². The quantitative estimate of drug-likeness (QED) is 0.786. The molecule has 1 aromatic heterocycles. The second-order valence-electron chi connectivity index (χ2n) is 5.43. The highest BCUT2D eigenvalue weighted by atomic mass is 32.2. The number of nitrogens with one attached hydrogen (secondary N) is 1. The maximum Gasteiger partial charge on any atom is 0.252 e. The van der Waals surface area contributed by atoms with Crippen LogP contribution in [0, 0.1) is 0 Å². The predicted molar refractivity (Wildman–Crippen MR) is 87.2 cm³/mol. The highest BCUT2D eigenvalue weighted by Gasteiger charge is 2.23. The van der Waals surface area contributed by atoms with Crippen molar-refractivity contribution in [1.29, 1.82) is 0 Å². The van der Waals surface area contributed by atoms with Crippen LogP contribution >= 0.6 is 11.3 Å². The average Bonchev–Trinajstić information content (AvgIpc) is 3.13. The molecular formula is C14H25N3O2S2. The zero-order valence-corrected chi connectivity index (χ0v) is 14.5. The number of rotatable bonds is 8. The van der Waals surface area contributed by atoms with Gasteiger partial charge in [0, 0.05) is 26.7 Å². The SMILES string of the molecule is CCNCc1csc(S(=O)(=O)N(C)CCN2CCCC2)c1. The molecule has 0 amide bonds. The van der Waals surface area contributed by atoms with Crippen LogP contribution in [0.2, 0.25) is 0 Å². The molecule has 1 aliphatic rings. The van der Waals surface area contributed by atoms with Crippen LogP contribution in [-0.2, 0) is 16.6 Å². The topological polar surface area (TPSA) is 52.7 Å². The van der Waals surface area contributed by atoms with Crippen molar-refractivity contribution in [3.8, 4) is 0 Å². The summed E-state index contributed by atoms with van der Waals surface area (Å²) in [5.41, 5.74) is 1.04. The minimum absolute atomic E-state index is 0.444. The van der Waals surface area contributed by atoms with Crippen LogP contribution in [0.15, 0.2) is 15.7 Å². The number of hydrogen-bond donors (Lipinski definition) is 1. The molecule has 0 aliphatic carbocycles. The van der Waals surface area contributed by atoms with Gasteiger partial charge in [0.15, 0.2) is 0 Å². The van der Waals surface area contributed by atoms with Gasteiger partial charge >= 0.3 is 0 Å². The summed E-state index contributed by atoms with van der Waals surface area (Å²) in [5, 5.41) is 5.13. The van der Waals surface area contributed by atoms with Gasteiger partial charge in [-0.25, -0.2) is 8.42 Å². The maximum absolute atomic E-state index is 12.5. The molecule has 7 heteroatoms. The Bertz CT molecular complexity index is 536. The van der Waals surface area contributed by atoms with Gasteiger partial charge in [0.1, 0.15) is 4.21 Å². The summed E-state index contributed by atoms with van der Waals surface area (Å²) in [6.07, 6.45) is 2.46. The Labute approximate surface area is 132 Å². The van der Waals surface area contributed by atoms with Crippen molar-refractivity contribution >= 4 is 21.4 Å². The van der Waals surface area contributed by atoms with Gasteiger partial charge in [-0.05, 0) is 49.5 Å². The largest absolute Gasteiger partial charge is 0.313 e. The van der Waals surface area contributed by atoms with Gasteiger partial charge in [-0.1, -0.05) is 6.92 Å². The number of thiophene rings is 1. The van der Waals surface area contributed by atoms with Crippen molar-refractivity contribution in [3.05, 3.63) is 17.0 Å². The Morgan fingerprint density at radius 2 is 2.10 bits per heavy atom.